The number of hydrogen-bond acceptors (Lipinski definition) is 4. The predicted molar refractivity (Wildman–Crippen MR) is 74.7 cm³/mol. The number of aryl methyl sites for hydroxylation is 1. The Hall–Kier alpha value is -1.86. The molecule has 0 fully saturated rings. The summed E-state index contributed by atoms with van der Waals surface area (Å²) in [6, 6.07) is 10.5. The molecule has 0 amide bonds. The largest absolute Gasteiger partial charge is 0.365 e. The van der Waals surface area contributed by atoms with E-state index in [-0.39, 0.29) is 0 Å². The zero-order valence-corrected chi connectivity index (χ0v) is 11.4. The van der Waals surface area contributed by atoms with E-state index in [0.717, 1.165) is 18.1 Å². The van der Waals surface area contributed by atoms with Crippen LogP contribution in [0.15, 0.2) is 29.6 Å². The SMILES string of the molecule is CCN(Cc1nc(C#N)cs1)c1ccc(C)cc1. The molecule has 0 atom stereocenters. The number of thiazole rings is 1. The minimum Gasteiger partial charge on any atom is -0.365 e. The van der Waals surface area contributed by atoms with E-state index in [1.165, 1.54) is 11.3 Å². The minimum atomic E-state index is 0.509. The average molecular weight is 257 g/mol. The first-order chi connectivity index (χ1) is 8.72. The van der Waals surface area contributed by atoms with Crippen molar-refractivity contribution in [2.75, 3.05) is 11.4 Å². The molecule has 0 bridgehead atoms. The Morgan fingerprint density at radius 2 is 2.06 bits per heavy atom. The lowest BCUT2D eigenvalue weighted by molar-refractivity contribution is 0.824. The van der Waals surface area contributed by atoms with Crippen LogP contribution in [-0.2, 0) is 6.54 Å². The zero-order chi connectivity index (χ0) is 13.0. The van der Waals surface area contributed by atoms with Crippen LogP contribution in [0.25, 0.3) is 0 Å². The molecular formula is C14H15N3S. The van der Waals surface area contributed by atoms with Gasteiger partial charge in [0.15, 0.2) is 5.69 Å². The Kier molecular flexibility index (Phi) is 3.96. The Bertz CT molecular complexity index is 551. The highest BCUT2D eigenvalue weighted by atomic mass is 32.1. The summed E-state index contributed by atoms with van der Waals surface area (Å²) in [5.74, 6) is 0. The second-order valence-corrected chi connectivity index (χ2v) is 5.03. The van der Waals surface area contributed by atoms with Gasteiger partial charge in [0.25, 0.3) is 0 Å². The van der Waals surface area contributed by atoms with Gasteiger partial charge in [-0.25, -0.2) is 4.98 Å². The van der Waals surface area contributed by atoms with Crippen LogP contribution in [-0.4, -0.2) is 11.5 Å². The first-order valence-corrected chi connectivity index (χ1v) is 6.77. The number of anilines is 1. The lowest BCUT2D eigenvalue weighted by Crippen LogP contribution is -2.21. The fourth-order valence-electron chi connectivity index (χ4n) is 1.74. The summed E-state index contributed by atoms with van der Waals surface area (Å²) < 4.78 is 0. The third kappa shape index (κ3) is 2.88. The second-order valence-electron chi connectivity index (χ2n) is 4.09. The summed E-state index contributed by atoms with van der Waals surface area (Å²) in [6.07, 6.45) is 0. The van der Waals surface area contributed by atoms with Crippen molar-refractivity contribution in [3.8, 4) is 6.07 Å². The highest BCUT2D eigenvalue weighted by Gasteiger charge is 2.08. The average Bonchev–Trinajstić information content (AvgIpc) is 2.85. The van der Waals surface area contributed by atoms with Crippen LogP contribution in [0.1, 0.15) is 23.2 Å². The molecule has 1 aromatic carbocycles. The summed E-state index contributed by atoms with van der Waals surface area (Å²) >= 11 is 1.54. The Labute approximate surface area is 111 Å². The van der Waals surface area contributed by atoms with E-state index < -0.39 is 0 Å². The zero-order valence-electron chi connectivity index (χ0n) is 10.6. The molecule has 18 heavy (non-hydrogen) atoms. The minimum absolute atomic E-state index is 0.509. The molecule has 4 heteroatoms. The standard InChI is InChI=1S/C14H15N3S/c1-3-17(13-6-4-11(2)5-7-13)9-14-16-12(8-15)10-18-14/h4-7,10H,3,9H2,1-2H3. The molecule has 92 valence electrons. The van der Waals surface area contributed by atoms with Gasteiger partial charge >= 0.3 is 0 Å². The normalized spacial score (nSPS) is 10.1. The van der Waals surface area contributed by atoms with Gasteiger partial charge in [0.2, 0.25) is 0 Å². The number of nitrogens with zero attached hydrogens (tertiary/aromatic N) is 3. The van der Waals surface area contributed by atoms with Gasteiger partial charge in [-0.3, -0.25) is 0 Å². The van der Waals surface area contributed by atoms with Crippen LogP contribution in [0.4, 0.5) is 5.69 Å². The van der Waals surface area contributed by atoms with Gasteiger partial charge in [-0.2, -0.15) is 5.26 Å². The number of nitriles is 1. The van der Waals surface area contributed by atoms with Crippen molar-refractivity contribution in [1.29, 1.82) is 5.26 Å². The van der Waals surface area contributed by atoms with Crippen LogP contribution in [0.2, 0.25) is 0 Å². The molecule has 0 radical (unpaired) electrons. The molecule has 0 saturated carbocycles. The van der Waals surface area contributed by atoms with Gasteiger partial charge in [0, 0.05) is 17.6 Å². The summed E-state index contributed by atoms with van der Waals surface area (Å²) in [5.41, 5.74) is 2.96. The number of aromatic nitrogens is 1. The van der Waals surface area contributed by atoms with Crippen molar-refractivity contribution in [1.82, 2.24) is 4.98 Å². The third-order valence-corrected chi connectivity index (χ3v) is 3.61. The first kappa shape index (κ1) is 12.6. The third-order valence-electron chi connectivity index (χ3n) is 2.77. The first-order valence-electron chi connectivity index (χ1n) is 5.89. The number of rotatable bonds is 4. The number of benzene rings is 1. The van der Waals surface area contributed by atoms with E-state index in [0.29, 0.717) is 5.69 Å². The highest BCUT2D eigenvalue weighted by Crippen LogP contribution is 2.19. The van der Waals surface area contributed by atoms with Crippen LogP contribution in [0.3, 0.4) is 0 Å². The van der Waals surface area contributed by atoms with E-state index in [9.17, 15) is 0 Å². The van der Waals surface area contributed by atoms with E-state index in [1.54, 1.807) is 16.7 Å². The van der Waals surface area contributed by atoms with Crippen LogP contribution in [0.5, 0.6) is 0 Å². The van der Waals surface area contributed by atoms with Gasteiger partial charge in [0.05, 0.1) is 6.54 Å². The van der Waals surface area contributed by atoms with E-state index in [4.69, 9.17) is 5.26 Å². The summed E-state index contributed by atoms with van der Waals surface area (Å²) in [4.78, 5) is 6.52. The quantitative estimate of drug-likeness (QED) is 0.843. The molecule has 3 nitrogen and oxygen atoms in total. The molecule has 0 aliphatic carbocycles. The Morgan fingerprint density at radius 1 is 1.33 bits per heavy atom. The van der Waals surface area contributed by atoms with Crippen molar-refractivity contribution in [3.63, 3.8) is 0 Å². The highest BCUT2D eigenvalue weighted by molar-refractivity contribution is 7.09. The summed E-state index contributed by atoms with van der Waals surface area (Å²) in [7, 11) is 0. The molecule has 1 aromatic heterocycles. The lowest BCUT2D eigenvalue weighted by atomic mass is 10.2. The van der Waals surface area contributed by atoms with Crippen molar-refractivity contribution in [3.05, 3.63) is 45.9 Å². The molecule has 1 heterocycles. The molecule has 0 aliphatic heterocycles. The van der Waals surface area contributed by atoms with E-state index in [1.807, 2.05) is 0 Å². The number of hydrogen-bond donors (Lipinski definition) is 0. The van der Waals surface area contributed by atoms with Gasteiger partial charge in [-0.1, -0.05) is 17.7 Å². The maximum atomic E-state index is 8.77. The topological polar surface area (TPSA) is 39.9 Å². The van der Waals surface area contributed by atoms with Crippen molar-refractivity contribution < 1.29 is 0 Å². The van der Waals surface area contributed by atoms with Crippen molar-refractivity contribution >= 4 is 17.0 Å². The molecule has 2 rings (SSSR count). The van der Waals surface area contributed by atoms with Gasteiger partial charge in [-0.15, -0.1) is 11.3 Å². The van der Waals surface area contributed by atoms with Crippen molar-refractivity contribution in [2.24, 2.45) is 0 Å². The summed E-state index contributed by atoms with van der Waals surface area (Å²) in [5, 5.41) is 11.6. The predicted octanol–water partition coefficient (Wildman–Crippen LogP) is 3.35. The van der Waals surface area contributed by atoms with Crippen LogP contribution < -0.4 is 4.90 Å². The van der Waals surface area contributed by atoms with Crippen LogP contribution in [0, 0.1) is 18.3 Å². The smallest absolute Gasteiger partial charge is 0.151 e. The fraction of sp³-hybridized carbons (Fsp3) is 0.286. The lowest BCUT2D eigenvalue weighted by Gasteiger charge is -2.21. The Balaban J connectivity index is 2.14. The molecule has 0 N–H and O–H groups in total. The maximum Gasteiger partial charge on any atom is 0.151 e. The molecule has 2 aromatic rings. The van der Waals surface area contributed by atoms with Crippen LogP contribution >= 0.6 is 11.3 Å². The molecule has 0 saturated heterocycles. The van der Waals surface area contributed by atoms with Gasteiger partial charge in [-0.05, 0) is 26.0 Å². The second kappa shape index (κ2) is 5.65. The molecule has 0 unspecified atom stereocenters. The molecule has 0 aliphatic rings. The fourth-order valence-corrected chi connectivity index (χ4v) is 2.47. The Morgan fingerprint density at radius 3 is 2.61 bits per heavy atom. The molecule has 0 spiro atoms. The van der Waals surface area contributed by atoms with Gasteiger partial charge < -0.3 is 4.90 Å². The van der Waals surface area contributed by atoms with E-state index >= 15 is 0 Å². The van der Waals surface area contributed by atoms with E-state index in [2.05, 4.69) is 54.1 Å². The van der Waals surface area contributed by atoms with Gasteiger partial charge in [0.1, 0.15) is 11.1 Å². The molecular weight excluding hydrogens is 242 g/mol. The van der Waals surface area contributed by atoms with Crippen molar-refractivity contribution in [2.45, 2.75) is 20.4 Å². The summed E-state index contributed by atoms with van der Waals surface area (Å²) in [6.45, 7) is 5.88. The monoisotopic (exact) mass is 257 g/mol. The maximum absolute atomic E-state index is 8.77.